The average molecular weight is 252 g/mol. The van der Waals surface area contributed by atoms with Gasteiger partial charge in [0.15, 0.2) is 0 Å². The van der Waals surface area contributed by atoms with Crippen LogP contribution in [-0.2, 0) is 4.79 Å². The SMILES string of the molecule is CC(C)(C)NC(=O)CNC(=O)c1ccc(F)cc1. The Labute approximate surface area is 106 Å². The number of carbonyl (C=O) groups is 2. The minimum atomic E-state index is -0.406. The van der Waals surface area contributed by atoms with E-state index in [4.69, 9.17) is 0 Å². The molecule has 1 aromatic carbocycles. The van der Waals surface area contributed by atoms with Gasteiger partial charge in [0, 0.05) is 11.1 Å². The first-order valence-corrected chi connectivity index (χ1v) is 5.63. The van der Waals surface area contributed by atoms with Gasteiger partial charge in [-0.05, 0) is 45.0 Å². The largest absolute Gasteiger partial charge is 0.350 e. The molecule has 0 atom stereocenters. The second-order valence-electron chi connectivity index (χ2n) is 4.99. The molecule has 0 aromatic heterocycles. The van der Waals surface area contributed by atoms with Crippen molar-refractivity contribution in [3.63, 3.8) is 0 Å². The summed E-state index contributed by atoms with van der Waals surface area (Å²) in [6, 6.07) is 5.13. The van der Waals surface area contributed by atoms with Crippen LogP contribution in [0.5, 0.6) is 0 Å². The average Bonchev–Trinajstić information content (AvgIpc) is 2.24. The number of nitrogens with one attached hydrogen (secondary N) is 2. The Morgan fingerprint density at radius 3 is 2.22 bits per heavy atom. The number of carbonyl (C=O) groups excluding carboxylic acids is 2. The minimum Gasteiger partial charge on any atom is -0.350 e. The highest BCUT2D eigenvalue weighted by Crippen LogP contribution is 2.02. The molecule has 0 spiro atoms. The van der Waals surface area contributed by atoms with Gasteiger partial charge in [0.25, 0.3) is 5.91 Å². The molecular weight excluding hydrogens is 235 g/mol. The predicted molar refractivity (Wildman–Crippen MR) is 66.6 cm³/mol. The number of hydrogen-bond acceptors (Lipinski definition) is 2. The lowest BCUT2D eigenvalue weighted by Crippen LogP contribution is -2.45. The molecule has 2 N–H and O–H groups in total. The fourth-order valence-corrected chi connectivity index (χ4v) is 1.33. The van der Waals surface area contributed by atoms with Gasteiger partial charge in [0.05, 0.1) is 6.54 Å². The maximum atomic E-state index is 12.7. The van der Waals surface area contributed by atoms with E-state index in [1.54, 1.807) is 0 Å². The van der Waals surface area contributed by atoms with E-state index in [-0.39, 0.29) is 18.0 Å². The molecule has 0 aliphatic heterocycles. The topological polar surface area (TPSA) is 58.2 Å². The van der Waals surface area contributed by atoms with Crippen LogP contribution in [0.15, 0.2) is 24.3 Å². The molecule has 0 unspecified atom stereocenters. The van der Waals surface area contributed by atoms with Crippen LogP contribution in [0, 0.1) is 5.82 Å². The monoisotopic (exact) mass is 252 g/mol. The summed E-state index contributed by atoms with van der Waals surface area (Å²) in [4.78, 5) is 23.1. The van der Waals surface area contributed by atoms with Gasteiger partial charge in [-0.1, -0.05) is 0 Å². The Balaban J connectivity index is 2.47. The molecule has 0 heterocycles. The number of amides is 2. The first kappa shape index (κ1) is 14.2. The Morgan fingerprint density at radius 2 is 1.72 bits per heavy atom. The van der Waals surface area contributed by atoms with Gasteiger partial charge < -0.3 is 10.6 Å². The molecule has 0 radical (unpaired) electrons. The van der Waals surface area contributed by atoms with Crippen LogP contribution >= 0.6 is 0 Å². The van der Waals surface area contributed by atoms with E-state index in [1.165, 1.54) is 24.3 Å². The van der Waals surface area contributed by atoms with Crippen molar-refractivity contribution in [1.82, 2.24) is 10.6 Å². The zero-order chi connectivity index (χ0) is 13.8. The lowest BCUT2D eigenvalue weighted by molar-refractivity contribution is -0.121. The summed E-state index contributed by atoms with van der Waals surface area (Å²) < 4.78 is 12.7. The van der Waals surface area contributed by atoms with Crippen molar-refractivity contribution < 1.29 is 14.0 Å². The first-order chi connectivity index (χ1) is 8.28. The molecule has 0 saturated heterocycles. The minimum absolute atomic E-state index is 0.104. The molecular formula is C13H17FN2O2. The molecule has 1 rings (SSSR count). The fourth-order valence-electron chi connectivity index (χ4n) is 1.33. The smallest absolute Gasteiger partial charge is 0.251 e. The number of hydrogen-bond donors (Lipinski definition) is 2. The maximum absolute atomic E-state index is 12.7. The van der Waals surface area contributed by atoms with Gasteiger partial charge in [-0.15, -0.1) is 0 Å². The van der Waals surface area contributed by atoms with E-state index >= 15 is 0 Å². The number of benzene rings is 1. The molecule has 5 heteroatoms. The van der Waals surface area contributed by atoms with Crippen LogP contribution in [0.4, 0.5) is 4.39 Å². The molecule has 98 valence electrons. The Hall–Kier alpha value is -1.91. The van der Waals surface area contributed by atoms with Crippen LogP contribution in [0.3, 0.4) is 0 Å². The molecule has 0 bridgehead atoms. The highest BCUT2D eigenvalue weighted by Gasteiger charge is 2.14. The predicted octanol–water partition coefficient (Wildman–Crippen LogP) is 1.47. The van der Waals surface area contributed by atoms with Crippen LogP contribution < -0.4 is 10.6 Å². The van der Waals surface area contributed by atoms with Gasteiger partial charge >= 0.3 is 0 Å². The quantitative estimate of drug-likeness (QED) is 0.856. The zero-order valence-corrected chi connectivity index (χ0v) is 10.7. The van der Waals surface area contributed by atoms with Crippen LogP contribution in [-0.4, -0.2) is 23.9 Å². The fraction of sp³-hybridized carbons (Fsp3) is 0.385. The number of rotatable bonds is 3. The van der Waals surface area contributed by atoms with E-state index in [2.05, 4.69) is 10.6 Å². The summed E-state index contributed by atoms with van der Waals surface area (Å²) in [6.07, 6.45) is 0. The molecule has 2 amide bonds. The van der Waals surface area contributed by atoms with Crippen LogP contribution in [0.2, 0.25) is 0 Å². The van der Waals surface area contributed by atoms with Gasteiger partial charge in [0.1, 0.15) is 5.82 Å². The Morgan fingerprint density at radius 1 is 1.17 bits per heavy atom. The van der Waals surface area contributed by atoms with Crippen molar-refractivity contribution >= 4 is 11.8 Å². The van der Waals surface area contributed by atoms with Crippen molar-refractivity contribution in [2.45, 2.75) is 26.3 Å². The Bertz CT molecular complexity index is 435. The van der Waals surface area contributed by atoms with Gasteiger partial charge in [-0.2, -0.15) is 0 Å². The highest BCUT2D eigenvalue weighted by molar-refractivity contribution is 5.96. The summed E-state index contributed by atoms with van der Waals surface area (Å²) in [5.41, 5.74) is -0.0162. The summed E-state index contributed by atoms with van der Waals surface area (Å²) in [6.45, 7) is 5.46. The molecule has 4 nitrogen and oxygen atoms in total. The van der Waals surface area contributed by atoms with E-state index in [9.17, 15) is 14.0 Å². The van der Waals surface area contributed by atoms with E-state index in [0.717, 1.165) is 0 Å². The summed E-state index contributed by atoms with van der Waals surface area (Å²) in [7, 11) is 0. The molecule has 18 heavy (non-hydrogen) atoms. The van der Waals surface area contributed by atoms with Crippen LogP contribution in [0.25, 0.3) is 0 Å². The lowest BCUT2D eigenvalue weighted by Gasteiger charge is -2.20. The molecule has 0 aliphatic carbocycles. The third kappa shape index (κ3) is 4.95. The van der Waals surface area contributed by atoms with Crippen molar-refractivity contribution in [1.29, 1.82) is 0 Å². The molecule has 0 fully saturated rings. The van der Waals surface area contributed by atoms with Crippen molar-refractivity contribution in [2.75, 3.05) is 6.54 Å². The van der Waals surface area contributed by atoms with E-state index in [0.29, 0.717) is 5.56 Å². The normalized spacial score (nSPS) is 10.9. The van der Waals surface area contributed by atoms with Gasteiger partial charge in [0.2, 0.25) is 5.91 Å². The zero-order valence-electron chi connectivity index (χ0n) is 10.7. The summed E-state index contributed by atoms with van der Waals surface area (Å²) in [5.74, 6) is -1.07. The first-order valence-electron chi connectivity index (χ1n) is 5.63. The molecule has 1 aromatic rings. The van der Waals surface area contributed by atoms with Gasteiger partial charge in [-0.3, -0.25) is 9.59 Å². The standard InChI is InChI=1S/C13H17FN2O2/c1-13(2,3)16-11(17)8-15-12(18)9-4-6-10(14)7-5-9/h4-7H,8H2,1-3H3,(H,15,18)(H,16,17). The van der Waals surface area contributed by atoms with Crippen molar-refractivity contribution in [3.8, 4) is 0 Å². The maximum Gasteiger partial charge on any atom is 0.251 e. The van der Waals surface area contributed by atoms with Crippen LogP contribution in [0.1, 0.15) is 31.1 Å². The molecule has 0 saturated carbocycles. The molecule has 0 aliphatic rings. The van der Waals surface area contributed by atoms with Crippen molar-refractivity contribution in [3.05, 3.63) is 35.6 Å². The Kier molecular flexibility index (Phi) is 4.42. The second-order valence-corrected chi connectivity index (χ2v) is 4.99. The third-order valence-corrected chi connectivity index (χ3v) is 2.03. The van der Waals surface area contributed by atoms with Crippen molar-refractivity contribution in [2.24, 2.45) is 0 Å². The van der Waals surface area contributed by atoms with Gasteiger partial charge in [-0.25, -0.2) is 4.39 Å². The third-order valence-electron chi connectivity index (χ3n) is 2.03. The number of halogens is 1. The highest BCUT2D eigenvalue weighted by atomic mass is 19.1. The second kappa shape index (κ2) is 5.62. The van der Waals surface area contributed by atoms with E-state index < -0.39 is 11.7 Å². The summed E-state index contributed by atoms with van der Waals surface area (Å²) in [5, 5.41) is 5.19. The van der Waals surface area contributed by atoms with E-state index in [1.807, 2.05) is 20.8 Å². The summed E-state index contributed by atoms with van der Waals surface area (Å²) >= 11 is 0. The lowest BCUT2D eigenvalue weighted by atomic mass is 10.1.